The van der Waals surface area contributed by atoms with Gasteiger partial charge < -0.3 is 5.11 Å². The first-order chi connectivity index (χ1) is 6.52. The molecule has 0 fully saturated rings. The van der Waals surface area contributed by atoms with Crippen LogP contribution in [0, 0.1) is 6.92 Å². The lowest BCUT2D eigenvalue weighted by Gasteiger charge is -2.10. The third kappa shape index (κ3) is 1.19. The summed E-state index contributed by atoms with van der Waals surface area (Å²) in [6, 6.07) is 1.86. The number of hydrogen-bond donors (Lipinski definition) is 1. The molecular weight excluding hydrogens is 244 g/mol. The summed E-state index contributed by atoms with van der Waals surface area (Å²) in [6.07, 6.45) is 0.514. The Bertz CT molecular complexity index is 424. The molecule has 1 aromatic carbocycles. The number of hydrogen-bond acceptors (Lipinski definition) is 2. The van der Waals surface area contributed by atoms with Gasteiger partial charge in [-0.1, -0.05) is 6.92 Å². The minimum atomic E-state index is 0.0504. The van der Waals surface area contributed by atoms with Crippen LogP contribution in [0.3, 0.4) is 0 Å². The molecular formula is C11H11BrO2. The van der Waals surface area contributed by atoms with E-state index in [1.807, 2.05) is 19.9 Å². The van der Waals surface area contributed by atoms with Crippen molar-refractivity contribution >= 4 is 21.7 Å². The first kappa shape index (κ1) is 9.71. The summed E-state index contributed by atoms with van der Waals surface area (Å²) >= 11 is 3.24. The molecule has 1 atom stereocenters. The number of carbonyl (C=O) groups is 1. The van der Waals surface area contributed by atoms with E-state index in [9.17, 15) is 9.90 Å². The van der Waals surface area contributed by atoms with Crippen LogP contribution in [0.4, 0.5) is 0 Å². The van der Waals surface area contributed by atoms with E-state index in [0.29, 0.717) is 16.5 Å². The van der Waals surface area contributed by atoms with E-state index < -0.39 is 0 Å². The number of phenols is 1. The molecule has 1 aliphatic carbocycles. The van der Waals surface area contributed by atoms with E-state index in [4.69, 9.17) is 0 Å². The standard InChI is InChI=1S/C11H11BrO2/c1-5-3-7(12)11(14)10-8(13)4-6(2)9(5)10/h3,6,14H,4H2,1-2H3. The number of benzene rings is 1. The Morgan fingerprint density at radius 2 is 2.21 bits per heavy atom. The van der Waals surface area contributed by atoms with Crippen LogP contribution in [-0.4, -0.2) is 10.9 Å². The van der Waals surface area contributed by atoms with Crippen molar-refractivity contribution in [3.8, 4) is 5.75 Å². The van der Waals surface area contributed by atoms with Gasteiger partial charge in [0, 0.05) is 6.42 Å². The molecule has 3 heteroatoms. The highest BCUT2D eigenvalue weighted by Gasteiger charge is 2.31. The van der Waals surface area contributed by atoms with Crippen LogP contribution in [-0.2, 0) is 0 Å². The normalized spacial score (nSPS) is 19.9. The van der Waals surface area contributed by atoms with Gasteiger partial charge in [-0.2, -0.15) is 0 Å². The number of carbonyl (C=O) groups excluding carboxylic acids is 1. The van der Waals surface area contributed by atoms with Gasteiger partial charge in [-0.15, -0.1) is 0 Å². The van der Waals surface area contributed by atoms with E-state index >= 15 is 0 Å². The Morgan fingerprint density at radius 3 is 2.86 bits per heavy atom. The van der Waals surface area contributed by atoms with Crippen molar-refractivity contribution in [1.82, 2.24) is 0 Å². The molecule has 0 heterocycles. The fourth-order valence-electron chi connectivity index (χ4n) is 2.18. The summed E-state index contributed by atoms with van der Waals surface area (Å²) in [5.74, 6) is 0.380. The molecule has 1 N–H and O–H groups in total. The Morgan fingerprint density at radius 1 is 1.57 bits per heavy atom. The summed E-state index contributed by atoms with van der Waals surface area (Å²) in [4.78, 5) is 11.6. The third-order valence-corrected chi connectivity index (χ3v) is 3.37. The largest absolute Gasteiger partial charge is 0.506 e. The third-order valence-electron chi connectivity index (χ3n) is 2.76. The smallest absolute Gasteiger partial charge is 0.167 e. The number of aryl methyl sites for hydroxylation is 1. The minimum absolute atomic E-state index is 0.0504. The van der Waals surface area contributed by atoms with E-state index in [0.717, 1.165) is 11.1 Å². The average Bonchev–Trinajstić information content (AvgIpc) is 2.38. The number of fused-ring (bicyclic) bond motifs is 1. The van der Waals surface area contributed by atoms with Gasteiger partial charge >= 0.3 is 0 Å². The molecule has 0 saturated carbocycles. The summed E-state index contributed by atoms with van der Waals surface area (Å²) in [7, 11) is 0. The van der Waals surface area contributed by atoms with Crippen LogP contribution >= 0.6 is 15.9 Å². The second-order valence-electron chi connectivity index (χ2n) is 3.84. The SMILES string of the molecule is Cc1cc(Br)c(O)c2c1C(C)CC2=O. The molecule has 0 bridgehead atoms. The predicted octanol–water partition coefficient (Wildman–Crippen LogP) is 3.15. The lowest BCUT2D eigenvalue weighted by atomic mass is 9.98. The Labute approximate surface area is 91.1 Å². The van der Waals surface area contributed by atoms with Gasteiger partial charge in [0.2, 0.25) is 0 Å². The maximum absolute atomic E-state index is 11.6. The van der Waals surface area contributed by atoms with E-state index in [1.165, 1.54) is 0 Å². The van der Waals surface area contributed by atoms with Crippen molar-refractivity contribution in [2.45, 2.75) is 26.2 Å². The van der Waals surface area contributed by atoms with Crippen molar-refractivity contribution in [2.75, 3.05) is 0 Å². The molecule has 0 amide bonds. The van der Waals surface area contributed by atoms with Crippen molar-refractivity contribution in [3.05, 3.63) is 27.2 Å². The monoisotopic (exact) mass is 254 g/mol. The summed E-state index contributed by atoms with van der Waals surface area (Å²) in [5.41, 5.74) is 2.60. The first-order valence-electron chi connectivity index (χ1n) is 4.57. The summed E-state index contributed by atoms with van der Waals surface area (Å²) in [5, 5.41) is 9.76. The highest BCUT2D eigenvalue weighted by molar-refractivity contribution is 9.10. The van der Waals surface area contributed by atoms with Crippen LogP contribution in [0.15, 0.2) is 10.5 Å². The van der Waals surface area contributed by atoms with Crippen LogP contribution in [0.2, 0.25) is 0 Å². The molecule has 1 unspecified atom stereocenters. The van der Waals surface area contributed by atoms with Crippen LogP contribution in [0.25, 0.3) is 0 Å². The minimum Gasteiger partial charge on any atom is -0.506 e. The molecule has 1 aliphatic rings. The fourth-order valence-corrected chi connectivity index (χ4v) is 2.72. The van der Waals surface area contributed by atoms with Gasteiger partial charge in [-0.25, -0.2) is 0 Å². The van der Waals surface area contributed by atoms with E-state index in [2.05, 4.69) is 15.9 Å². The zero-order valence-electron chi connectivity index (χ0n) is 8.10. The van der Waals surface area contributed by atoms with Gasteiger partial charge in [0.05, 0.1) is 10.0 Å². The number of aromatic hydroxyl groups is 1. The van der Waals surface area contributed by atoms with Gasteiger partial charge in [0.15, 0.2) is 5.78 Å². The first-order valence-corrected chi connectivity index (χ1v) is 5.36. The topological polar surface area (TPSA) is 37.3 Å². The molecule has 14 heavy (non-hydrogen) atoms. The maximum atomic E-state index is 11.6. The lowest BCUT2D eigenvalue weighted by Crippen LogP contribution is -1.94. The molecule has 0 radical (unpaired) electrons. The molecule has 1 aromatic rings. The predicted molar refractivity (Wildman–Crippen MR) is 57.9 cm³/mol. The Kier molecular flexibility index (Phi) is 2.14. The molecule has 2 nitrogen and oxygen atoms in total. The van der Waals surface area contributed by atoms with E-state index in [-0.39, 0.29) is 17.5 Å². The summed E-state index contributed by atoms with van der Waals surface area (Å²) in [6.45, 7) is 3.99. The van der Waals surface area contributed by atoms with Gasteiger partial charge in [0.1, 0.15) is 5.75 Å². The zero-order chi connectivity index (χ0) is 10.5. The molecule has 74 valence electrons. The Balaban J connectivity index is 2.79. The number of rotatable bonds is 0. The van der Waals surface area contributed by atoms with Crippen molar-refractivity contribution < 1.29 is 9.90 Å². The van der Waals surface area contributed by atoms with Crippen LogP contribution in [0.1, 0.15) is 40.7 Å². The van der Waals surface area contributed by atoms with Gasteiger partial charge in [-0.3, -0.25) is 4.79 Å². The zero-order valence-corrected chi connectivity index (χ0v) is 9.68. The van der Waals surface area contributed by atoms with Gasteiger partial charge in [-0.05, 0) is 46.0 Å². The fraction of sp³-hybridized carbons (Fsp3) is 0.364. The quantitative estimate of drug-likeness (QED) is 0.773. The van der Waals surface area contributed by atoms with Gasteiger partial charge in [0.25, 0.3) is 0 Å². The average molecular weight is 255 g/mol. The molecule has 2 rings (SSSR count). The summed E-state index contributed by atoms with van der Waals surface area (Å²) < 4.78 is 0.608. The molecule has 0 spiro atoms. The maximum Gasteiger partial charge on any atom is 0.167 e. The lowest BCUT2D eigenvalue weighted by molar-refractivity contribution is 0.0988. The van der Waals surface area contributed by atoms with Crippen molar-refractivity contribution in [3.63, 3.8) is 0 Å². The number of phenolic OH excluding ortho intramolecular Hbond substituents is 1. The van der Waals surface area contributed by atoms with Crippen LogP contribution < -0.4 is 0 Å². The van der Waals surface area contributed by atoms with Crippen molar-refractivity contribution in [1.29, 1.82) is 0 Å². The highest BCUT2D eigenvalue weighted by Crippen LogP contribution is 2.43. The second kappa shape index (κ2) is 3.09. The Hall–Kier alpha value is -0.830. The molecule has 0 aliphatic heterocycles. The van der Waals surface area contributed by atoms with Crippen LogP contribution in [0.5, 0.6) is 5.75 Å². The number of Topliss-reactive ketones (excluding diaryl/α,β-unsaturated/α-hetero) is 1. The second-order valence-corrected chi connectivity index (χ2v) is 4.70. The van der Waals surface area contributed by atoms with E-state index in [1.54, 1.807) is 0 Å². The number of halogens is 1. The van der Waals surface area contributed by atoms with Crippen molar-refractivity contribution in [2.24, 2.45) is 0 Å². The highest BCUT2D eigenvalue weighted by atomic mass is 79.9. The molecule has 0 saturated heterocycles. The molecule has 0 aromatic heterocycles. The number of ketones is 1.